The number of fused-ring (bicyclic) bond motifs is 1. The first-order chi connectivity index (χ1) is 8.88. The van der Waals surface area contributed by atoms with Crippen LogP contribution < -0.4 is 15.2 Å². The molecule has 0 atom stereocenters. The molecule has 0 aliphatic carbocycles. The molecule has 1 aromatic heterocycles. The minimum Gasteiger partial charge on any atom is -0.454 e. The van der Waals surface area contributed by atoms with Crippen LogP contribution in [0.15, 0.2) is 24.4 Å². The van der Waals surface area contributed by atoms with E-state index in [1.807, 2.05) is 22.9 Å². The molecule has 94 valence electrons. The predicted molar refractivity (Wildman–Crippen MR) is 65.3 cm³/mol. The number of nitrogens with two attached hydrogens (primary N) is 1. The fourth-order valence-corrected chi connectivity index (χ4v) is 1.94. The Morgan fingerprint density at radius 3 is 3.06 bits per heavy atom. The van der Waals surface area contributed by atoms with E-state index in [0.717, 1.165) is 35.7 Å². The molecule has 2 N–H and O–H groups in total. The Hall–Kier alpha value is -2.08. The molecule has 0 amide bonds. The maximum atomic E-state index is 5.51. The molecule has 1 aromatic carbocycles. The Morgan fingerprint density at radius 1 is 1.28 bits per heavy atom. The lowest BCUT2D eigenvalue weighted by Crippen LogP contribution is -2.08. The largest absolute Gasteiger partial charge is 0.454 e. The van der Waals surface area contributed by atoms with Gasteiger partial charge in [-0.15, -0.1) is 5.10 Å². The zero-order valence-corrected chi connectivity index (χ0v) is 9.87. The lowest BCUT2D eigenvalue weighted by atomic mass is 10.1. The van der Waals surface area contributed by atoms with Crippen molar-refractivity contribution in [3.05, 3.63) is 24.4 Å². The summed E-state index contributed by atoms with van der Waals surface area (Å²) in [5.74, 6) is 1.54. The van der Waals surface area contributed by atoms with Crippen LogP contribution in [0.25, 0.3) is 11.3 Å². The first kappa shape index (κ1) is 11.0. The summed E-state index contributed by atoms with van der Waals surface area (Å²) in [6.07, 6.45) is 2.62. The third-order valence-corrected chi connectivity index (χ3v) is 2.86. The van der Waals surface area contributed by atoms with Crippen molar-refractivity contribution in [3.8, 4) is 22.8 Å². The molecule has 0 saturated heterocycles. The van der Waals surface area contributed by atoms with E-state index in [2.05, 4.69) is 10.3 Å². The van der Waals surface area contributed by atoms with Crippen LogP contribution in [0, 0.1) is 0 Å². The molecule has 2 heterocycles. The molecule has 6 nitrogen and oxygen atoms in total. The van der Waals surface area contributed by atoms with Gasteiger partial charge in [0.15, 0.2) is 11.5 Å². The van der Waals surface area contributed by atoms with Crippen molar-refractivity contribution < 1.29 is 9.47 Å². The first-order valence-corrected chi connectivity index (χ1v) is 5.87. The van der Waals surface area contributed by atoms with Crippen LogP contribution in [-0.2, 0) is 6.54 Å². The Balaban J connectivity index is 1.92. The van der Waals surface area contributed by atoms with E-state index >= 15 is 0 Å². The van der Waals surface area contributed by atoms with Gasteiger partial charge in [-0.1, -0.05) is 5.21 Å². The summed E-state index contributed by atoms with van der Waals surface area (Å²) in [4.78, 5) is 0. The molecule has 6 heteroatoms. The number of aromatic nitrogens is 3. The van der Waals surface area contributed by atoms with Gasteiger partial charge in [0, 0.05) is 12.1 Å². The van der Waals surface area contributed by atoms with Crippen molar-refractivity contribution in [2.45, 2.75) is 13.0 Å². The van der Waals surface area contributed by atoms with Crippen molar-refractivity contribution in [1.82, 2.24) is 15.0 Å². The van der Waals surface area contributed by atoms with E-state index in [-0.39, 0.29) is 6.79 Å². The van der Waals surface area contributed by atoms with E-state index in [0.29, 0.717) is 6.54 Å². The molecule has 0 bridgehead atoms. The van der Waals surface area contributed by atoms with Crippen LogP contribution in [-0.4, -0.2) is 28.3 Å². The highest BCUT2D eigenvalue weighted by Gasteiger charge is 2.15. The van der Waals surface area contributed by atoms with E-state index < -0.39 is 0 Å². The smallest absolute Gasteiger partial charge is 0.231 e. The van der Waals surface area contributed by atoms with Gasteiger partial charge in [-0.05, 0) is 31.2 Å². The number of benzene rings is 1. The lowest BCUT2D eigenvalue weighted by Gasteiger charge is -2.06. The van der Waals surface area contributed by atoms with Crippen LogP contribution in [0.1, 0.15) is 6.42 Å². The highest BCUT2D eigenvalue weighted by atomic mass is 16.7. The third kappa shape index (κ3) is 1.91. The van der Waals surface area contributed by atoms with Crippen molar-refractivity contribution in [1.29, 1.82) is 0 Å². The Bertz CT molecular complexity index is 553. The minimum absolute atomic E-state index is 0.281. The van der Waals surface area contributed by atoms with Gasteiger partial charge < -0.3 is 15.2 Å². The van der Waals surface area contributed by atoms with Crippen molar-refractivity contribution >= 4 is 0 Å². The van der Waals surface area contributed by atoms with Gasteiger partial charge in [0.25, 0.3) is 0 Å². The second-order valence-electron chi connectivity index (χ2n) is 4.05. The fraction of sp³-hybridized carbons (Fsp3) is 0.333. The van der Waals surface area contributed by atoms with Gasteiger partial charge in [-0.2, -0.15) is 0 Å². The molecule has 0 fully saturated rings. The molecule has 1 aliphatic rings. The van der Waals surface area contributed by atoms with Crippen molar-refractivity contribution in [3.63, 3.8) is 0 Å². The molecule has 0 spiro atoms. The van der Waals surface area contributed by atoms with E-state index in [1.54, 1.807) is 6.20 Å². The zero-order chi connectivity index (χ0) is 12.4. The standard InChI is InChI=1S/C12H14N4O2/c13-4-1-5-16-10(7-14-15-16)9-2-3-11-12(6-9)18-8-17-11/h2-3,6-7H,1,4-5,8,13H2. The fourth-order valence-electron chi connectivity index (χ4n) is 1.94. The maximum Gasteiger partial charge on any atom is 0.231 e. The molecule has 1 aliphatic heterocycles. The van der Waals surface area contributed by atoms with Crippen LogP contribution in [0.2, 0.25) is 0 Å². The van der Waals surface area contributed by atoms with E-state index in [4.69, 9.17) is 15.2 Å². The Labute approximate surface area is 104 Å². The summed E-state index contributed by atoms with van der Waals surface area (Å²) < 4.78 is 12.5. The van der Waals surface area contributed by atoms with Gasteiger partial charge in [-0.3, -0.25) is 0 Å². The number of nitrogens with zero attached hydrogens (tertiary/aromatic N) is 3. The van der Waals surface area contributed by atoms with Gasteiger partial charge in [-0.25, -0.2) is 4.68 Å². The maximum absolute atomic E-state index is 5.51. The Morgan fingerprint density at radius 2 is 2.17 bits per heavy atom. The van der Waals surface area contributed by atoms with Crippen LogP contribution >= 0.6 is 0 Å². The number of aryl methyl sites for hydroxylation is 1. The summed E-state index contributed by atoms with van der Waals surface area (Å²) in [7, 11) is 0. The third-order valence-electron chi connectivity index (χ3n) is 2.86. The molecule has 18 heavy (non-hydrogen) atoms. The van der Waals surface area contributed by atoms with Crippen LogP contribution in [0.3, 0.4) is 0 Å². The van der Waals surface area contributed by atoms with Crippen LogP contribution in [0.4, 0.5) is 0 Å². The van der Waals surface area contributed by atoms with Crippen molar-refractivity contribution in [2.75, 3.05) is 13.3 Å². The molecule has 2 aromatic rings. The molecule has 0 radical (unpaired) electrons. The summed E-state index contributed by atoms with van der Waals surface area (Å²) in [6.45, 7) is 1.68. The highest BCUT2D eigenvalue weighted by Crippen LogP contribution is 2.35. The Kier molecular flexibility index (Phi) is 2.85. The van der Waals surface area contributed by atoms with Gasteiger partial charge >= 0.3 is 0 Å². The van der Waals surface area contributed by atoms with Crippen LogP contribution in [0.5, 0.6) is 11.5 Å². The topological polar surface area (TPSA) is 75.2 Å². The van der Waals surface area contributed by atoms with E-state index in [9.17, 15) is 0 Å². The summed E-state index contributed by atoms with van der Waals surface area (Å²) in [5, 5.41) is 8.01. The zero-order valence-electron chi connectivity index (χ0n) is 9.87. The summed E-state index contributed by atoms with van der Waals surface area (Å²) in [5.41, 5.74) is 7.48. The summed E-state index contributed by atoms with van der Waals surface area (Å²) >= 11 is 0. The SMILES string of the molecule is NCCCn1nncc1-c1ccc2c(c1)OCO2. The predicted octanol–water partition coefficient (Wildman–Crippen LogP) is 1.02. The number of hydrogen-bond donors (Lipinski definition) is 1. The normalized spacial score (nSPS) is 12.9. The molecule has 3 rings (SSSR count). The lowest BCUT2D eigenvalue weighted by molar-refractivity contribution is 0.174. The molecular formula is C12H14N4O2. The number of ether oxygens (including phenoxy) is 2. The summed E-state index contributed by atoms with van der Waals surface area (Å²) in [6, 6.07) is 5.82. The molecule has 0 saturated carbocycles. The average molecular weight is 246 g/mol. The second kappa shape index (κ2) is 4.66. The number of hydrogen-bond acceptors (Lipinski definition) is 5. The quantitative estimate of drug-likeness (QED) is 0.871. The van der Waals surface area contributed by atoms with Crippen molar-refractivity contribution in [2.24, 2.45) is 5.73 Å². The molecule has 0 unspecified atom stereocenters. The second-order valence-corrected chi connectivity index (χ2v) is 4.05. The number of rotatable bonds is 4. The first-order valence-electron chi connectivity index (χ1n) is 5.87. The minimum atomic E-state index is 0.281. The highest BCUT2D eigenvalue weighted by molar-refractivity contribution is 5.63. The monoisotopic (exact) mass is 246 g/mol. The van der Waals surface area contributed by atoms with Gasteiger partial charge in [0.1, 0.15) is 0 Å². The van der Waals surface area contributed by atoms with E-state index in [1.165, 1.54) is 0 Å². The van der Waals surface area contributed by atoms with Gasteiger partial charge in [0.05, 0.1) is 11.9 Å². The van der Waals surface area contributed by atoms with Gasteiger partial charge in [0.2, 0.25) is 6.79 Å². The average Bonchev–Trinajstić information content (AvgIpc) is 3.03. The molecular weight excluding hydrogens is 232 g/mol.